The second kappa shape index (κ2) is 16.0. The van der Waals surface area contributed by atoms with E-state index in [0.29, 0.717) is 0 Å². The molecule has 0 aliphatic carbocycles. The molecule has 0 aromatic heterocycles. The molecule has 4 heteroatoms. The van der Waals surface area contributed by atoms with Gasteiger partial charge < -0.3 is 10.6 Å². The van der Waals surface area contributed by atoms with Crippen molar-refractivity contribution in [3.63, 3.8) is 0 Å². The predicted molar refractivity (Wildman–Crippen MR) is 133 cm³/mol. The topological polar surface area (TPSA) is 28.2 Å². The first-order valence-electron chi connectivity index (χ1n) is 11.0. The average Bonchev–Trinajstić information content (AvgIpc) is 2.83. The molecule has 0 radical (unpaired) electrons. The van der Waals surface area contributed by atoms with E-state index in [-0.39, 0.29) is 61.9 Å². The van der Waals surface area contributed by atoms with Crippen molar-refractivity contribution in [3.8, 4) is 0 Å². The number of nitrogens with zero attached hydrogens (tertiary/aromatic N) is 2. The first kappa shape index (κ1) is 29.3. The largest absolute Gasteiger partial charge is 1.00 e. The van der Waals surface area contributed by atoms with Gasteiger partial charge in [0.2, 0.25) is 0 Å². The summed E-state index contributed by atoms with van der Waals surface area (Å²) in [6.07, 6.45) is 6.78. The Morgan fingerprint density at radius 2 is 1.09 bits per heavy atom. The van der Waals surface area contributed by atoms with Crippen molar-refractivity contribution in [1.29, 1.82) is 0 Å². The van der Waals surface area contributed by atoms with Gasteiger partial charge in [-0.1, -0.05) is 153 Å². The van der Waals surface area contributed by atoms with E-state index < -0.39 is 0 Å². The van der Waals surface area contributed by atoms with Gasteiger partial charge in [0.05, 0.1) is 0 Å². The standard InChI is InChI=1S/C29H32N2.2Li/c1-4-5-9-22-28(30-23(2)25-16-10-6-11-17-25)29(27-20-14-8-15-21-27)31-24(3)26-18-12-7-13-19-26;;/h4-21,23-24,28-29H,1,22H2,2-3H3;;/q-2;2*+1/b9-5+;;/t23-,24-,28+,29+;;/m0../s1. The zero-order chi connectivity index (χ0) is 21.9. The fourth-order valence-electron chi connectivity index (χ4n) is 3.81. The van der Waals surface area contributed by atoms with E-state index in [2.05, 4.69) is 105 Å². The first-order valence-corrected chi connectivity index (χ1v) is 11.0. The summed E-state index contributed by atoms with van der Waals surface area (Å²) < 4.78 is 0. The van der Waals surface area contributed by atoms with Gasteiger partial charge in [-0.15, -0.1) is 24.2 Å². The molecule has 0 fully saturated rings. The Hall–Kier alpha value is -1.75. The van der Waals surface area contributed by atoms with Crippen LogP contribution in [-0.4, -0.2) is 6.04 Å². The van der Waals surface area contributed by atoms with Crippen LogP contribution in [0, 0.1) is 0 Å². The summed E-state index contributed by atoms with van der Waals surface area (Å²) in [6, 6.07) is 31.7. The van der Waals surface area contributed by atoms with Crippen molar-refractivity contribution >= 4 is 0 Å². The van der Waals surface area contributed by atoms with Gasteiger partial charge in [0, 0.05) is 0 Å². The fourth-order valence-corrected chi connectivity index (χ4v) is 3.81. The van der Waals surface area contributed by atoms with Gasteiger partial charge in [0.25, 0.3) is 0 Å². The fraction of sp³-hybridized carbons (Fsp3) is 0.241. The zero-order valence-corrected chi connectivity index (χ0v) is 20.5. The average molecular weight is 422 g/mol. The van der Waals surface area contributed by atoms with Crippen LogP contribution in [0.1, 0.15) is 55.1 Å². The van der Waals surface area contributed by atoms with Crippen LogP contribution >= 0.6 is 0 Å². The third-order valence-electron chi connectivity index (χ3n) is 5.52. The van der Waals surface area contributed by atoms with Crippen LogP contribution in [0.15, 0.2) is 116 Å². The molecule has 0 bridgehead atoms. The van der Waals surface area contributed by atoms with Gasteiger partial charge in [-0.2, -0.15) is 0 Å². The minimum absolute atomic E-state index is 0. The van der Waals surface area contributed by atoms with Crippen molar-refractivity contribution < 1.29 is 37.7 Å². The maximum Gasteiger partial charge on any atom is 1.00 e. The van der Waals surface area contributed by atoms with E-state index in [0.717, 1.165) is 6.42 Å². The van der Waals surface area contributed by atoms with Gasteiger partial charge >= 0.3 is 37.7 Å². The van der Waals surface area contributed by atoms with Gasteiger partial charge in [0.15, 0.2) is 0 Å². The summed E-state index contributed by atoms with van der Waals surface area (Å²) in [5.74, 6) is 0. The monoisotopic (exact) mass is 422 g/mol. The Kier molecular flexibility index (Phi) is 14.2. The van der Waals surface area contributed by atoms with Crippen LogP contribution in [-0.2, 0) is 0 Å². The Morgan fingerprint density at radius 3 is 1.55 bits per heavy atom. The second-order valence-corrected chi connectivity index (χ2v) is 7.79. The third kappa shape index (κ3) is 9.19. The van der Waals surface area contributed by atoms with E-state index >= 15 is 0 Å². The number of allylic oxidation sites excluding steroid dienone is 2. The number of rotatable bonds is 11. The molecule has 4 atom stereocenters. The van der Waals surface area contributed by atoms with E-state index in [4.69, 9.17) is 10.6 Å². The van der Waals surface area contributed by atoms with Crippen LogP contribution in [0.4, 0.5) is 0 Å². The predicted octanol–water partition coefficient (Wildman–Crippen LogP) is 2.51. The summed E-state index contributed by atoms with van der Waals surface area (Å²) in [7, 11) is 0. The molecule has 0 amide bonds. The molecule has 0 heterocycles. The molecule has 0 saturated carbocycles. The molecule has 3 aromatic rings. The van der Waals surface area contributed by atoms with Crippen molar-refractivity contribution in [2.75, 3.05) is 0 Å². The molecule has 0 aliphatic heterocycles. The Labute approximate surface area is 224 Å². The van der Waals surface area contributed by atoms with Crippen molar-refractivity contribution in [1.82, 2.24) is 0 Å². The van der Waals surface area contributed by atoms with Gasteiger partial charge in [-0.3, -0.25) is 0 Å². The smallest absolute Gasteiger partial charge is 0.654 e. The molecular weight excluding hydrogens is 390 g/mol. The van der Waals surface area contributed by atoms with E-state index in [1.54, 1.807) is 0 Å². The number of hydrogen-bond acceptors (Lipinski definition) is 0. The normalized spacial score (nSPS) is 14.4. The van der Waals surface area contributed by atoms with Crippen molar-refractivity contribution in [3.05, 3.63) is 143 Å². The van der Waals surface area contributed by atoms with Crippen molar-refractivity contribution in [2.24, 2.45) is 0 Å². The molecule has 33 heavy (non-hydrogen) atoms. The molecule has 3 rings (SSSR count). The quantitative estimate of drug-likeness (QED) is 0.336. The minimum Gasteiger partial charge on any atom is -0.654 e. The molecule has 0 N–H and O–H groups in total. The zero-order valence-electron chi connectivity index (χ0n) is 20.5. The summed E-state index contributed by atoms with van der Waals surface area (Å²) >= 11 is 0. The van der Waals surface area contributed by atoms with Crippen LogP contribution in [0.5, 0.6) is 0 Å². The van der Waals surface area contributed by atoms with Crippen LogP contribution in [0.2, 0.25) is 0 Å². The van der Waals surface area contributed by atoms with E-state index in [9.17, 15) is 0 Å². The SMILES string of the molecule is C=C/C=C/C[C@@H]([N-][C@@H](C)c1ccccc1)[C@H]([N-][C@@H](C)c1ccccc1)c1ccccc1.[Li+].[Li+]. The summed E-state index contributed by atoms with van der Waals surface area (Å²) in [6.45, 7) is 8.15. The second-order valence-electron chi connectivity index (χ2n) is 7.79. The third-order valence-corrected chi connectivity index (χ3v) is 5.52. The molecular formula is C29H32Li2N2. The Morgan fingerprint density at radius 1 is 0.667 bits per heavy atom. The number of hydrogen-bond donors (Lipinski definition) is 0. The molecule has 3 aromatic carbocycles. The minimum atomic E-state index is -0.0305. The van der Waals surface area contributed by atoms with Crippen LogP contribution in [0.3, 0.4) is 0 Å². The van der Waals surface area contributed by atoms with Gasteiger partial charge in [-0.05, 0) is 0 Å². The van der Waals surface area contributed by atoms with Crippen LogP contribution in [0.25, 0.3) is 10.6 Å². The van der Waals surface area contributed by atoms with Crippen molar-refractivity contribution in [2.45, 2.75) is 44.4 Å². The summed E-state index contributed by atoms with van der Waals surface area (Å²) in [5, 5.41) is 10.6. The van der Waals surface area contributed by atoms with Gasteiger partial charge in [0.1, 0.15) is 0 Å². The molecule has 0 aliphatic rings. The molecule has 0 saturated heterocycles. The Balaban J connectivity index is 0.00000272. The van der Waals surface area contributed by atoms with Crippen LogP contribution < -0.4 is 37.7 Å². The molecule has 0 unspecified atom stereocenters. The first-order chi connectivity index (χ1) is 15.2. The molecule has 0 spiro atoms. The molecule has 2 nitrogen and oxygen atoms in total. The Bertz CT molecular complexity index is 930. The maximum absolute atomic E-state index is 5.29. The number of benzene rings is 3. The summed E-state index contributed by atoms with van der Waals surface area (Å²) in [4.78, 5) is 0. The molecule has 160 valence electrons. The van der Waals surface area contributed by atoms with Gasteiger partial charge in [-0.25, -0.2) is 0 Å². The van der Waals surface area contributed by atoms with E-state index in [1.165, 1.54) is 16.7 Å². The summed E-state index contributed by atoms with van der Waals surface area (Å²) in [5.41, 5.74) is 3.65. The maximum atomic E-state index is 5.29. The van der Waals surface area contributed by atoms with E-state index in [1.807, 2.05) is 24.3 Å².